The van der Waals surface area contributed by atoms with Gasteiger partial charge in [-0.05, 0) is 56.7 Å². The highest BCUT2D eigenvalue weighted by atomic mass is 127. The molecule has 1 heterocycles. The van der Waals surface area contributed by atoms with Crippen LogP contribution in [-0.2, 0) is 0 Å². The number of phenols is 1. The number of carbonyl (C=O) groups excluding carboxylic acids is 1. The van der Waals surface area contributed by atoms with Crippen LogP contribution in [0.5, 0.6) is 5.75 Å². The summed E-state index contributed by atoms with van der Waals surface area (Å²) in [5, 5.41) is 12.2. The van der Waals surface area contributed by atoms with E-state index in [9.17, 15) is 9.90 Å². The number of benzene rings is 1. The summed E-state index contributed by atoms with van der Waals surface area (Å²) in [6, 6.07) is 4.79. The largest absolute Gasteiger partial charge is 0.507 e. The molecule has 2 aromatic rings. The van der Waals surface area contributed by atoms with Crippen molar-refractivity contribution < 1.29 is 9.90 Å². The fraction of sp³-hybridized carbons (Fsp3) is 0. The molecule has 1 aromatic heterocycles. The number of hydrogen-bond acceptors (Lipinski definition) is 4. The highest BCUT2D eigenvalue weighted by molar-refractivity contribution is 14.1. The molecule has 0 aliphatic heterocycles. The molecule has 0 fully saturated rings. The Morgan fingerprint density at radius 3 is 2.78 bits per heavy atom. The lowest BCUT2D eigenvalue weighted by molar-refractivity contribution is 0.102. The first-order valence-corrected chi connectivity index (χ1v) is 6.71. The van der Waals surface area contributed by atoms with E-state index in [2.05, 4.69) is 53.8 Å². The number of aromatic nitrogens is 2. The van der Waals surface area contributed by atoms with Crippen molar-refractivity contribution in [3.63, 3.8) is 0 Å². The van der Waals surface area contributed by atoms with Crippen LogP contribution in [-0.4, -0.2) is 21.0 Å². The standard InChI is InChI=1S/C11H7BrIN3O2/c12-9-4-15-10(5-14-9)16-11(18)7-3-6(13)1-2-8(7)17/h1-5,17H,(H,15,16,18). The number of halogens is 2. The Morgan fingerprint density at radius 2 is 2.11 bits per heavy atom. The number of phenolic OH excluding ortho intramolecular Hbond substituents is 1. The van der Waals surface area contributed by atoms with E-state index in [1.165, 1.54) is 18.5 Å². The smallest absolute Gasteiger partial charge is 0.260 e. The van der Waals surface area contributed by atoms with Gasteiger partial charge in [0.15, 0.2) is 5.82 Å². The molecular formula is C11H7BrIN3O2. The minimum atomic E-state index is -0.428. The molecular weight excluding hydrogens is 413 g/mol. The Kier molecular flexibility index (Phi) is 4.12. The van der Waals surface area contributed by atoms with Crippen LogP contribution in [0.1, 0.15) is 10.4 Å². The second kappa shape index (κ2) is 5.61. The quantitative estimate of drug-likeness (QED) is 0.734. The molecule has 0 bridgehead atoms. The Morgan fingerprint density at radius 1 is 1.33 bits per heavy atom. The van der Waals surface area contributed by atoms with Crippen molar-refractivity contribution in [2.24, 2.45) is 0 Å². The lowest BCUT2D eigenvalue weighted by Crippen LogP contribution is -2.13. The van der Waals surface area contributed by atoms with Crippen LogP contribution < -0.4 is 5.32 Å². The molecule has 0 unspecified atom stereocenters. The van der Waals surface area contributed by atoms with E-state index in [-0.39, 0.29) is 11.3 Å². The molecule has 0 saturated carbocycles. The summed E-state index contributed by atoms with van der Waals surface area (Å²) in [7, 11) is 0. The normalized spacial score (nSPS) is 10.1. The first-order valence-electron chi connectivity index (χ1n) is 4.83. The van der Waals surface area contributed by atoms with E-state index < -0.39 is 5.91 Å². The molecule has 5 nitrogen and oxygen atoms in total. The van der Waals surface area contributed by atoms with Crippen LogP contribution in [0.3, 0.4) is 0 Å². The van der Waals surface area contributed by atoms with Crippen LogP contribution in [0.2, 0.25) is 0 Å². The SMILES string of the molecule is O=C(Nc1cnc(Br)cn1)c1cc(I)ccc1O. The lowest BCUT2D eigenvalue weighted by atomic mass is 10.2. The van der Waals surface area contributed by atoms with Gasteiger partial charge < -0.3 is 10.4 Å². The van der Waals surface area contributed by atoms with Gasteiger partial charge in [0.05, 0.1) is 18.0 Å². The Labute approximate surface area is 125 Å². The monoisotopic (exact) mass is 419 g/mol. The number of rotatable bonds is 2. The maximum atomic E-state index is 11.9. The zero-order valence-corrected chi connectivity index (χ0v) is 12.6. The number of anilines is 1. The molecule has 18 heavy (non-hydrogen) atoms. The van der Waals surface area contributed by atoms with Gasteiger partial charge in [-0.3, -0.25) is 4.79 Å². The van der Waals surface area contributed by atoms with Crippen molar-refractivity contribution in [2.75, 3.05) is 5.32 Å². The van der Waals surface area contributed by atoms with Crippen LogP contribution in [0.4, 0.5) is 5.82 Å². The number of aromatic hydroxyl groups is 1. The second-order valence-corrected chi connectivity index (χ2v) is 5.40. The maximum Gasteiger partial charge on any atom is 0.260 e. The first kappa shape index (κ1) is 13.2. The molecule has 92 valence electrons. The minimum absolute atomic E-state index is 0.0713. The van der Waals surface area contributed by atoms with Crippen molar-refractivity contribution in [3.8, 4) is 5.75 Å². The first-order chi connectivity index (χ1) is 8.56. The Balaban J connectivity index is 2.21. The molecule has 0 atom stereocenters. The molecule has 0 aliphatic rings. The van der Waals surface area contributed by atoms with Crippen LogP contribution >= 0.6 is 38.5 Å². The average Bonchev–Trinajstić information content (AvgIpc) is 2.35. The van der Waals surface area contributed by atoms with Crippen molar-refractivity contribution >= 4 is 50.2 Å². The fourth-order valence-corrected chi connectivity index (χ4v) is 1.95. The number of carbonyl (C=O) groups is 1. The van der Waals surface area contributed by atoms with Gasteiger partial charge in [0.1, 0.15) is 10.4 Å². The molecule has 0 saturated heterocycles. The van der Waals surface area contributed by atoms with E-state index in [1.807, 2.05) is 0 Å². The average molecular weight is 420 g/mol. The van der Waals surface area contributed by atoms with Gasteiger partial charge in [-0.15, -0.1) is 0 Å². The van der Waals surface area contributed by atoms with Gasteiger partial charge in [-0.1, -0.05) is 0 Å². The number of amides is 1. The van der Waals surface area contributed by atoms with Gasteiger partial charge in [0, 0.05) is 3.57 Å². The van der Waals surface area contributed by atoms with E-state index in [1.54, 1.807) is 12.1 Å². The van der Waals surface area contributed by atoms with Crippen molar-refractivity contribution in [2.45, 2.75) is 0 Å². The molecule has 2 N–H and O–H groups in total. The molecule has 0 spiro atoms. The van der Waals surface area contributed by atoms with Crippen LogP contribution in [0, 0.1) is 3.57 Å². The number of nitrogens with zero attached hydrogens (tertiary/aromatic N) is 2. The van der Waals surface area contributed by atoms with Crippen molar-refractivity contribution in [1.82, 2.24) is 9.97 Å². The molecule has 2 rings (SSSR count). The molecule has 0 aliphatic carbocycles. The summed E-state index contributed by atoms with van der Waals surface area (Å²) in [5.41, 5.74) is 0.201. The third-order valence-electron chi connectivity index (χ3n) is 2.07. The van der Waals surface area contributed by atoms with E-state index in [0.29, 0.717) is 10.4 Å². The van der Waals surface area contributed by atoms with Crippen molar-refractivity contribution in [1.29, 1.82) is 0 Å². The van der Waals surface area contributed by atoms with Crippen molar-refractivity contribution in [3.05, 3.63) is 44.3 Å². The summed E-state index contributed by atoms with van der Waals surface area (Å²) >= 11 is 5.22. The van der Waals surface area contributed by atoms with E-state index in [4.69, 9.17) is 0 Å². The maximum absolute atomic E-state index is 11.9. The highest BCUT2D eigenvalue weighted by Crippen LogP contribution is 2.20. The molecule has 7 heteroatoms. The third-order valence-corrected chi connectivity index (χ3v) is 3.15. The van der Waals surface area contributed by atoms with Gasteiger partial charge in [-0.2, -0.15) is 0 Å². The molecule has 1 aromatic carbocycles. The summed E-state index contributed by atoms with van der Waals surface area (Å²) in [6.45, 7) is 0. The minimum Gasteiger partial charge on any atom is -0.507 e. The predicted molar refractivity (Wildman–Crippen MR) is 78.5 cm³/mol. The zero-order chi connectivity index (χ0) is 13.1. The summed E-state index contributed by atoms with van der Waals surface area (Å²) < 4.78 is 1.44. The lowest BCUT2D eigenvalue weighted by Gasteiger charge is -2.06. The summed E-state index contributed by atoms with van der Waals surface area (Å²) in [6.07, 6.45) is 2.90. The third kappa shape index (κ3) is 3.16. The van der Waals surface area contributed by atoms with Crippen LogP contribution in [0.25, 0.3) is 0 Å². The van der Waals surface area contributed by atoms with Gasteiger partial charge >= 0.3 is 0 Å². The van der Waals surface area contributed by atoms with Gasteiger partial charge in [0.25, 0.3) is 5.91 Å². The van der Waals surface area contributed by atoms with E-state index >= 15 is 0 Å². The zero-order valence-electron chi connectivity index (χ0n) is 8.89. The molecule has 0 radical (unpaired) electrons. The summed E-state index contributed by atoms with van der Waals surface area (Å²) in [4.78, 5) is 19.8. The number of nitrogens with one attached hydrogen (secondary N) is 1. The molecule has 1 amide bonds. The Bertz CT molecular complexity index is 589. The summed E-state index contributed by atoms with van der Waals surface area (Å²) in [5.74, 6) is -0.179. The highest BCUT2D eigenvalue weighted by Gasteiger charge is 2.12. The van der Waals surface area contributed by atoms with E-state index in [0.717, 1.165) is 3.57 Å². The van der Waals surface area contributed by atoms with Crippen LogP contribution in [0.15, 0.2) is 35.2 Å². The van der Waals surface area contributed by atoms with Gasteiger partial charge in [-0.25, -0.2) is 9.97 Å². The Hall–Kier alpha value is -1.22. The fourth-order valence-electron chi connectivity index (χ4n) is 1.25. The topological polar surface area (TPSA) is 75.1 Å². The number of hydrogen-bond donors (Lipinski definition) is 2. The second-order valence-electron chi connectivity index (χ2n) is 3.34. The predicted octanol–water partition coefficient (Wildman–Crippen LogP) is 2.80. The van der Waals surface area contributed by atoms with Gasteiger partial charge in [0.2, 0.25) is 0 Å².